The maximum atomic E-state index is 5.73. The number of piperazine rings is 1. The Hall–Kier alpha value is -2.55. The molecule has 0 atom stereocenters. The molecule has 1 saturated heterocycles. The Labute approximate surface area is 166 Å². The minimum atomic E-state index is 0.212. The molecule has 1 aliphatic heterocycles. The molecule has 0 unspecified atom stereocenters. The van der Waals surface area contributed by atoms with Gasteiger partial charge in [-0.2, -0.15) is 0 Å². The van der Waals surface area contributed by atoms with Crippen LogP contribution in [0.4, 0.5) is 0 Å². The van der Waals surface area contributed by atoms with Crippen molar-refractivity contribution in [3.63, 3.8) is 0 Å². The molecule has 0 aliphatic carbocycles. The molecule has 0 radical (unpaired) electrons. The van der Waals surface area contributed by atoms with E-state index in [0.29, 0.717) is 11.5 Å². The first-order valence-electron chi connectivity index (χ1n) is 9.01. The Morgan fingerprint density at radius 2 is 1.81 bits per heavy atom. The third-order valence-electron chi connectivity index (χ3n) is 4.63. The summed E-state index contributed by atoms with van der Waals surface area (Å²) in [7, 11) is 1.62. The van der Waals surface area contributed by atoms with Gasteiger partial charge in [0.25, 0.3) is 0 Å². The van der Waals surface area contributed by atoms with E-state index < -0.39 is 0 Å². The smallest absolute Gasteiger partial charge is 0.162 e. The van der Waals surface area contributed by atoms with Crippen LogP contribution < -0.4 is 9.47 Å². The number of rotatable bonds is 6. The van der Waals surface area contributed by atoms with Crippen molar-refractivity contribution < 1.29 is 9.47 Å². The van der Waals surface area contributed by atoms with Crippen LogP contribution in [0.5, 0.6) is 11.5 Å². The second kappa shape index (κ2) is 9.40. The molecular weight excluding hydrogens is 356 g/mol. The lowest BCUT2D eigenvalue weighted by molar-refractivity contribution is 0.177. The van der Waals surface area contributed by atoms with Gasteiger partial charge < -0.3 is 14.4 Å². The van der Waals surface area contributed by atoms with E-state index in [-0.39, 0.29) is 6.61 Å². The van der Waals surface area contributed by atoms with Gasteiger partial charge in [0.15, 0.2) is 11.5 Å². The number of thiocarbonyl (C=S) groups is 1. The van der Waals surface area contributed by atoms with Gasteiger partial charge >= 0.3 is 0 Å². The molecule has 0 spiro atoms. The van der Waals surface area contributed by atoms with Crippen LogP contribution in [0.3, 0.4) is 0 Å². The van der Waals surface area contributed by atoms with Crippen LogP contribution in [-0.4, -0.2) is 54.7 Å². The predicted octanol–water partition coefficient (Wildman–Crippen LogP) is 3.20. The first-order chi connectivity index (χ1) is 13.2. The Balaban J connectivity index is 1.59. The SMILES string of the molecule is C#CCOc1ccc(C(=S)N2CCN(Cc3ccccc3)CC2)cc1OC. The molecular formula is C22H24N2O2S. The van der Waals surface area contributed by atoms with Gasteiger partial charge in [0, 0.05) is 38.3 Å². The van der Waals surface area contributed by atoms with E-state index in [4.69, 9.17) is 28.1 Å². The Morgan fingerprint density at radius 1 is 1.07 bits per heavy atom. The van der Waals surface area contributed by atoms with E-state index in [9.17, 15) is 0 Å². The van der Waals surface area contributed by atoms with E-state index in [1.807, 2.05) is 18.2 Å². The van der Waals surface area contributed by atoms with Gasteiger partial charge in [0.05, 0.1) is 7.11 Å². The fourth-order valence-corrected chi connectivity index (χ4v) is 3.48. The fraction of sp³-hybridized carbons (Fsp3) is 0.318. The lowest BCUT2D eigenvalue weighted by Gasteiger charge is -2.36. The van der Waals surface area contributed by atoms with Crippen molar-refractivity contribution in [1.29, 1.82) is 0 Å². The summed E-state index contributed by atoms with van der Waals surface area (Å²) in [5.41, 5.74) is 2.31. The van der Waals surface area contributed by atoms with Crippen LogP contribution in [0.25, 0.3) is 0 Å². The second-order valence-electron chi connectivity index (χ2n) is 6.41. The Bertz CT molecular complexity index is 809. The number of ether oxygens (including phenoxy) is 2. The standard InChI is InChI=1S/C22H24N2O2S/c1-3-15-26-20-10-9-19(16-21(20)25-2)22(27)24-13-11-23(12-14-24)17-18-7-5-4-6-8-18/h1,4-10,16H,11-15,17H2,2H3. The zero-order valence-corrected chi connectivity index (χ0v) is 16.4. The first kappa shape index (κ1) is 19.2. The molecule has 27 heavy (non-hydrogen) atoms. The van der Waals surface area contributed by atoms with Crippen molar-refractivity contribution in [2.45, 2.75) is 6.54 Å². The monoisotopic (exact) mass is 380 g/mol. The number of terminal acetylenes is 1. The molecule has 1 aliphatic rings. The molecule has 5 heteroatoms. The maximum absolute atomic E-state index is 5.73. The molecule has 2 aromatic rings. The van der Waals surface area contributed by atoms with E-state index in [1.54, 1.807) is 7.11 Å². The molecule has 0 aromatic heterocycles. The lowest BCUT2D eigenvalue weighted by atomic mass is 10.1. The van der Waals surface area contributed by atoms with Crippen molar-refractivity contribution in [3.05, 3.63) is 59.7 Å². The quantitative estimate of drug-likeness (QED) is 0.566. The van der Waals surface area contributed by atoms with Crippen molar-refractivity contribution in [1.82, 2.24) is 9.80 Å². The summed E-state index contributed by atoms with van der Waals surface area (Å²) >= 11 is 5.73. The molecule has 0 saturated carbocycles. The lowest BCUT2D eigenvalue weighted by Crippen LogP contribution is -2.48. The topological polar surface area (TPSA) is 24.9 Å². The molecule has 0 bridgehead atoms. The van der Waals surface area contributed by atoms with Gasteiger partial charge in [-0.3, -0.25) is 4.90 Å². The minimum Gasteiger partial charge on any atom is -0.493 e. The maximum Gasteiger partial charge on any atom is 0.162 e. The summed E-state index contributed by atoms with van der Waals surface area (Å²) in [6.45, 7) is 5.03. The molecule has 4 nitrogen and oxygen atoms in total. The summed E-state index contributed by atoms with van der Waals surface area (Å²) in [5.74, 6) is 3.74. The van der Waals surface area contributed by atoms with Gasteiger partial charge in [0.2, 0.25) is 0 Å². The van der Waals surface area contributed by atoms with E-state index in [2.05, 4.69) is 46.1 Å². The Morgan fingerprint density at radius 3 is 2.48 bits per heavy atom. The van der Waals surface area contributed by atoms with Gasteiger partial charge in [-0.1, -0.05) is 48.5 Å². The molecule has 1 heterocycles. The van der Waals surface area contributed by atoms with Crippen molar-refractivity contribution >= 4 is 17.2 Å². The number of hydrogen-bond acceptors (Lipinski definition) is 4. The van der Waals surface area contributed by atoms with Crippen LogP contribution >= 0.6 is 12.2 Å². The van der Waals surface area contributed by atoms with E-state index in [0.717, 1.165) is 43.3 Å². The van der Waals surface area contributed by atoms with Crippen LogP contribution in [0.2, 0.25) is 0 Å². The normalized spacial score (nSPS) is 14.4. The number of nitrogens with zero attached hydrogens (tertiary/aromatic N) is 2. The third-order valence-corrected chi connectivity index (χ3v) is 5.12. The van der Waals surface area contributed by atoms with Crippen LogP contribution in [0, 0.1) is 12.3 Å². The van der Waals surface area contributed by atoms with Crippen molar-refractivity contribution in [2.24, 2.45) is 0 Å². The van der Waals surface area contributed by atoms with Crippen LogP contribution in [0.1, 0.15) is 11.1 Å². The largest absolute Gasteiger partial charge is 0.493 e. The summed E-state index contributed by atoms with van der Waals surface area (Å²) in [5, 5.41) is 0. The van der Waals surface area contributed by atoms with Crippen molar-refractivity contribution in [2.75, 3.05) is 39.9 Å². The van der Waals surface area contributed by atoms with Gasteiger partial charge in [-0.05, 0) is 23.8 Å². The minimum absolute atomic E-state index is 0.212. The van der Waals surface area contributed by atoms with Gasteiger partial charge in [0.1, 0.15) is 11.6 Å². The summed E-state index contributed by atoms with van der Waals surface area (Å²) in [6, 6.07) is 16.3. The number of hydrogen-bond donors (Lipinski definition) is 0. The Kier molecular flexibility index (Phi) is 6.69. The van der Waals surface area contributed by atoms with Crippen molar-refractivity contribution in [3.8, 4) is 23.8 Å². The molecule has 0 amide bonds. The van der Waals surface area contributed by atoms with Crippen LogP contribution in [0.15, 0.2) is 48.5 Å². The fourth-order valence-electron chi connectivity index (χ4n) is 3.17. The molecule has 3 rings (SSSR count). The van der Waals surface area contributed by atoms with E-state index in [1.165, 1.54) is 5.56 Å². The van der Waals surface area contributed by atoms with Gasteiger partial charge in [-0.25, -0.2) is 0 Å². The average Bonchev–Trinajstić information content (AvgIpc) is 2.73. The summed E-state index contributed by atoms with van der Waals surface area (Å²) in [4.78, 5) is 5.57. The highest BCUT2D eigenvalue weighted by Gasteiger charge is 2.20. The highest BCUT2D eigenvalue weighted by molar-refractivity contribution is 7.80. The summed E-state index contributed by atoms with van der Waals surface area (Å²) < 4.78 is 10.9. The second-order valence-corrected chi connectivity index (χ2v) is 6.80. The number of benzene rings is 2. The average molecular weight is 381 g/mol. The van der Waals surface area contributed by atoms with Crippen LogP contribution in [-0.2, 0) is 6.54 Å². The first-order valence-corrected chi connectivity index (χ1v) is 9.42. The zero-order chi connectivity index (χ0) is 19.1. The molecule has 0 N–H and O–H groups in total. The highest BCUT2D eigenvalue weighted by Crippen LogP contribution is 2.29. The van der Waals surface area contributed by atoms with E-state index >= 15 is 0 Å². The molecule has 1 fully saturated rings. The molecule has 2 aromatic carbocycles. The highest BCUT2D eigenvalue weighted by atomic mass is 32.1. The zero-order valence-electron chi connectivity index (χ0n) is 15.6. The van der Waals surface area contributed by atoms with Gasteiger partial charge in [-0.15, -0.1) is 6.42 Å². The predicted molar refractivity (Wildman–Crippen MR) is 112 cm³/mol. The number of methoxy groups -OCH3 is 1. The third kappa shape index (κ3) is 5.00. The molecule has 140 valence electrons. The summed E-state index contributed by atoms with van der Waals surface area (Å²) in [6.07, 6.45) is 5.26.